The summed E-state index contributed by atoms with van der Waals surface area (Å²) in [5.74, 6) is -0.0800. The van der Waals surface area contributed by atoms with E-state index in [0.717, 1.165) is 16.9 Å². The Balaban J connectivity index is 2.58. The molecule has 2 aromatic carbocycles. The Kier molecular flexibility index (Phi) is 7.07. The van der Waals surface area contributed by atoms with Gasteiger partial charge < -0.3 is 13.9 Å². The molecule has 28 heavy (non-hydrogen) atoms. The molecule has 2 rings (SSSR count). The predicted octanol–water partition coefficient (Wildman–Crippen LogP) is 5.71. The molecule has 0 aliphatic heterocycles. The molecule has 5 heteroatoms. The number of methoxy groups -OCH3 is 2. The van der Waals surface area contributed by atoms with E-state index in [-0.39, 0.29) is 11.0 Å². The van der Waals surface area contributed by atoms with Gasteiger partial charge in [0.25, 0.3) is 0 Å². The number of esters is 1. The van der Waals surface area contributed by atoms with E-state index in [1.54, 1.807) is 7.11 Å². The van der Waals surface area contributed by atoms with E-state index in [2.05, 4.69) is 33.9 Å². The van der Waals surface area contributed by atoms with Gasteiger partial charge in [0, 0.05) is 0 Å². The van der Waals surface area contributed by atoms with Crippen molar-refractivity contribution in [1.29, 1.82) is 0 Å². The third-order valence-corrected chi connectivity index (χ3v) is 10.0. The first-order valence-corrected chi connectivity index (χ1v) is 12.5. The molecule has 0 N–H and O–H groups in total. The SMILES string of the molecule is COC(=O)[C@@H](c1ccccc1)[C@H](O[Si](C)(C)C(C)(C)C)c1ccc(OC)cc1. The zero-order valence-corrected chi connectivity index (χ0v) is 19.0. The van der Waals surface area contributed by atoms with Crippen LogP contribution in [-0.2, 0) is 14.0 Å². The second kappa shape index (κ2) is 8.93. The van der Waals surface area contributed by atoms with Crippen LogP contribution in [-0.4, -0.2) is 28.5 Å². The lowest BCUT2D eigenvalue weighted by Crippen LogP contribution is -2.43. The topological polar surface area (TPSA) is 44.8 Å². The van der Waals surface area contributed by atoms with Gasteiger partial charge in [0.15, 0.2) is 8.32 Å². The van der Waals surface area contributed by atoms with Gasteiger partial charge in [-0.15, -0.1) is 0 Å². The van der Waals surface area contributed by atoms with Crippen molar-refractivity contribution in [3.8, 4) is 5.75 Å². The van der Waals surface area contributed by atoms with E-state index in [9.17, 15) is 4.79 Å². The zero-order valence-electron chi connectivity index (χ0n) is 18.0. The van der Waals surface area contributed by atoms with Gasteiger partial charge in [0.1, 0.15) is 11.7 Å². The van der Waals surface area contributed by atoms with E-state index in [0.29, 0.717) is 0 Å². The zero-order chi connectivity index (χ0) is 20.9. The Labute approximate surface area is 170 Å². The molecule has 0 radical (unpaired) electrons. The molecule has 4 nitrogen and oxygen atoms in total. The van der Waals surface area contributed by atoms with Gasteiger partial charge in [-0.1, -0.05) is 63.2 Å². The van der Waals surface area contributed by atoms with Gasteiger partial charge in [-0.2, -0.15) is 0 Å². The van der Waals surface area contributed by atoms with Crippen molar-refractivity contribution < 1.29 is 18.7 Å². The van der Waals surface area contributed by atoms with Crippen LogP contribution in [0.1, 0.15) is 43.9 Å². The lowest BCUT2D eigenvalue weighted by Gasteiger charge is -2.41. The number of hydrogen-bond donors (Lipinski definition) is 0. The van der Waals surface area contributed by atoms with Gasteiger partial charge in [0.2, 0.25) is 0 Å². The number of benzene rings is 2. The molecule has 0 heterocycles. The maximum atomic E-state index is 12.9. The first-order chi connectivity index (χ1) is 13.1. The quantitative estimate of drug-likeness (QED) is 0.441. The molecule has 2 atom stereocenters. The molecule has 0 fully saturated rings. The van der Waals surface area contributed by atoms with Gasteiger partial charge in [0.05, 0.1) is 20.3 Å². The fraction of sp³-hybridized carbons (Fsp3) is 0.435. The highest BCUT2D eigenvalue weighted by Gasteiger charge is 2.43. The fourth-order valence-electron chi connectivity index (χ4n) is 2.84. The molecule has 0 aliphatic rings. The van der Waals surface area contributed by atoms with Gasteiger partial charge in [-0.25, -0.2) is 0 Å². The molecule has 152 valence electrons. The van der Waals surface area contributed by atoms with E-state index < -0.39 is 20.3 Å². The molecular weight excluding hydrogens is 368 g/mol. The smallest absolute Gasteiger partial charge is 0.316 e. The third kappa shape index (κ3) is 5.03. The summed E-state index contributed by atoms with van der Waals surface area (Å²) in [4.78, 5) is 12.9. The lowest BCUT2D eigenvalue weighted by molar-refractivity contribution is -0.145. The van der Waals surface area contributed by atoms with E-state index >= 15 is 0 Å². The molecule has 0 aliphatic carbocycles. The molecule has 0 spiro atoms. The standard InChI is InChI=1S/C23H32O4Si/c1-23(2,3)28(6,7)27-21(18-13-15-19(25-4)16-14-18)20(22(24)26-5)17-11-9-8-10-12-17/h8-16,20-21H,1-7H3/t20-,21+/m0/s1. The summed E-state index contributed by atoms with van der Waals surface area (Å²) < 4.78 is 17.3. The number of hydrogen-bond acceptors (Lipinski definition) is 4. The molecule has 0 unspecified atom stereocenters. The maximum absolute atomic E-state index is 12.9. The van der Waals surface area contributed by atoms with Crippen molar-refractivity contribution in [2.45, 2.75) is 50.9 Å². The van der Waals surface area contributed by atoms with E-state index in [1.807, 2.05) is 54.6 Å². The largest absolute Gasteiger partial charge is 0.497 e. The summed E-state index contributed by atoms with van der Waals surface area (Å²) in [5, 5.41) is 0.00901. The molecule has 0 bridgehead atoms. The van der Waals surface area contributed by atoms with Crippen LogP contribution in [0.2, 0.25) is 18.1 Å². The number of ether oxygens (including phenoxy) is 2. The van der Waals surface area contributed by atoms with Crippen LogP contribution in [0.5, 0.6) is 5.75 Å². The summed E-state index contributed by atoms with van der Waals surface area (Å²) in [6.07, 6.45) is -0.443. The molecule has 2 aromatic rings. The third-order valence-electron chi connectivity index (χ3n) is 5.59. The molecule has 0 saturated carbocycles. The number of carbonyl (C=O) groups is 1. The van der Waals surface area contributed by atoms with Crippen molar-refractivity contribution in [2.24, 2.45) is 0 Å². The Morgan fingerprint density at radius 2 is 1.46 bits per heavy atom. The number of rotatable bonds is 7. The second-order valence-electron chi connectivity index (χ2n) is 8.48. The van der Waals surface area contributed by atoms with Crippen LogP contribution in [0.3, 0.4) is 0 Å². The van der Waals surface area contributed by atoms with Gasteiger partial charge in [-0.05, 0) is 41.4 Å². The minimum atomic E-state index is -2.17. The van der Waals surface area contributed by atoms with Crippen LogP contribution in [0.15, 0.2) is 54.6 Å². The Hall–Kier alpha value is -2.11. The second-order valence-corrected chi connectivity index (χ2v) is 13.2. The Morgan fingerprint density at radius 1 is 0.893 bits per heavy atom. The normalized spacial score (nSPS) is 14.2. The van der Waals surface area contributed by atoms with Gasteiger partial charge >= 0.3 is 5.97 Å². The van der Waals surface area contributed by atoms with Crippen LogP contribution < -0.4 is 4.74 Å². The van der Waals surface area contributed by atoms with Crippen LogP contribution in [0.4, 0.5) is 0 Å². The molecular formula is C23H32O4Si. The van der Waals surface area contributed by atoms with E-state index in [1.165, 1.54) is 7.11 Å². The predicted molar refractivity (Wildman–Crippen MR) is 115 cm³/mol. The molecule has 0 aromatic heterocycles. The average molecular weight is 401 g/mol. The van der Waals surface area contributed by atoms with Crippen molar-refractivity contribution >= 4 is 14.3 Å². The summed E-state index contributed by atoms with van der Waals surface area (Å²) in [7, 11) is 0.899. The van der Waals surface area contributed by atoms with Crippen molar-refractivity contribution in [1.82, 2.24) is 0 Å². The van der Waals surface area contributed by atoms with Crippen LogP contribution >= 0.6 is 0 Å². The molecule has 0 saturated heterocycles. The summed E-state index contributed by atoms with van der Waals surface area (Å²) in [6.45, 7) is 11.0. The van der Waals surface area contributed by atoms with Crippen molar-refractivity contribution in [3.63, 3.8) is 0 Å². The van der Waals surface area contributed by atoms with Crippen molar-refractivity contribution in [3.05, 3.63) is 65.7 Å². The first-order valence-electron chi connectivity index (χ1n) is 9.55. The fourth-order valence-corrected chi connectivity index (χ4v) is 4.10. The van der Waals surface area contributed by atoms with Crippen LogP contribution in [0.25, 0.3) is 0 Å². The molecule has 0 amide bonds. The van der Waals surface area contributed by atoms with Crippen LogP contribution in [0, 0.1) is 0 Å². The average Bonchev–Trinajstić information content (AvgIpc) is 2.67. The minimum Gasteiger partial charge on any atom is -0.497 e. The summed E-state index contributed by atoms with van der Waals surface area (Å²) in [6, 6.07) is 17.4. The highest BCUT2D eigenvalue weighted by Crippen LogP contribution is 2.44. The summed E-state index contributed by atoms with van der Waals surface area (Å²) >= 11 is 0. The lowest BCUT2D eigenvalue weighted by atomic mass is 9.89. The highest BCUT2D eigenvalue weighted by atomic mass is 28.4. The Bertz CT molecular complexity index is 763. The van der Waals surface area contributed by atoms with Crippen molar-refractivity contribution in [2.75, 3.05) is 14.2 Å². The van der Waals surface area contributed by atoms with Gasteiger partial charge in [-0.3, -0.25) is 4.79 Å². The minimum absolute atomic E-state index is 0.00901. The highest BCUT2D eigenvalue weighted by molar-refractivity contribution is 6.74. The summed E-state index contributed by atoms with van der Waals surface area (Å²) in [5.41, 5.74) is 1.82. The Morgan fingerprint density at radius 3 is 1.93 bits per heavy atom. The maximum Gasteiger partial charge on any atom is 0.316 e. The first kappa shape index (κ1) is 22.2. The number of carbonyl (C=O) groups excluding carboxylic acids is 1. The van der Waals surface area contributed by atoms with E-state index in [4.69, 9.17) is 13.9 Å². The monoisotopic (exact) mass is 400 g/mol.